The van der Waals surface area contributed by atoms with E-state index in [9.17, 15) is 0 Å². The number of imidazole rings is 1. The van der Waals surface area contributed by atoms with E-state index in [1.807, 2.05) is 12.1 Å². The number of nitrogens with one attached hydrogen (secondary N) is 1. The van der Waals surface area contributed by atoms with Crippen LogP contribution in [-0.4, -0.2) is 28.0 Å². The van der Waals surface area contributed by atoms with Crippen LogP contribution in [-0.2, 0) is 12.8 Å². The van der Waals surface area contributed by atoms with Crippen LogP contribution in [0.4, 0.5) is 0 Å². The maximum atomic E-state index is 9.07. The largest absolute Gasteiger partial charge is 0.371 e. The van der Waals surface area contributed by atoms with Gasteiger partial charge in [-0.15, -0.1) is 0 Å². The molecule has 0 bridgehead atoms. The van der Waals surface area contributed by atoms with E-state index in [2.05, 4.69) is 74.5 Å². The zero-order valence-corrected chi connectivity index (χ0v) is 21.5. The predicted octanol–water partition coefficient (Wildman–Crippen LogP) is 6.93. The van der Waals surface area contributed by atoms with Gasteiger partial charge in [0.1, 0.15) is 5.82 Å². The van der Waals surface area contributed by atoms with E-state index in [1.54, 1.807) is 0 Å². The number of hydrogen-bond acceptors (Lipinski definition) is 3. The number of aromatic amines is 1. The van der Waals surface area contributed by atoms with Crippen molar-refractivity contribution in [1.29, 1.82) is 5.26 Å². The average Bonchev–Trinajstić information content (AvgIpc) is 3.25. The zero-order valence-electron chi connectivity index (χ0n) is 21.5. The van der Waals surface area contributed by atoms with Crippen LogP contribution in [0.2, 0.25) is 0 Å². The zero-order chi connectivity index (χ0) is 24.7. The molecule has 1 fully saturated rings. The fourth-order valence-electron chi connectivity index (χ4n) is 5.85. The lowest BCUT2D eigenvalue weighted by Gasteiger charge is -2.35. The number of rotatable bonds is 4. The summed E-state index contributed by atoms with van der Waals surface area (Å²) in [7, 11) is 0. The van der Waals surface area contributed by atoms with Crippen LogP contribution in [0, 0.1) is 30.6 Å². The molecule has 180 valence electrons. The maximum Gasteiger partial charge on any atom is 0.138 e. The van der Waals surface area contributed by atoms with Crippen molar-refractivity contribution in [1.82, 2.24) is 14.9 Å². The highest BCUT2D eigenvalue weighted by Gasteiger charge is 2.28. The van der Waals surface area contributed by atoms with Crippen LogP contribution in [0.5, 0.6) is 0 Å². The van der Waals surface area contributed by atoms with Crippen molar-refractivity contribution in [3.63, 3.8) is 0 Å². The molecule has 2 aliphatic rings. The van der Waals surface area contributed by atoms with Gasteiger partial charge in [-0.25, -0.2) is 4.98 Å². The monoisotopic (exact) mass is 464 g/mol. The predicted molar refractivity (Wildman–Crippen MR) is 143 cm³/mol. The quantitative estimate of drug-likeness (QED) is 0.455. The standard InChI is InChI=1S/C31H36N4/c1-20-16-21(2)27(30-33-28-10-13-31(4,5)18-29(28)34-30)17-26(20)22(3)35-14-11-25(12-15-35)24-8-6-23(19-32)7-9-24/h6-9,16-17,25H,3,10-15,18H2,1-2,4-5H3,(H,33,34). The van der Waals surface area contributed by atoms with E-state index < -0.39 is 0 Å². The third-order valence-corrected chi connectivity index (χ3v) is 8.08. The first-order valence-electron chi connectivity index (χ1n) is 12.9. The van der Waals surface area contributed by atoms with Crippen LogP contribution in [0.25, 0.3) is 17.1 Å². The Kier molecular flexibility index (Phi) is 6.05. The second-order valence-electron chi connectivity index (χ2n) is 11.3. The van der Waals surface area contributed by atoms with Crippen LogP contribution in [0.1, 0.15) is 78.2 Å². The van der Waals surface area contributed by atoms with Gasteiger partial charge in [-0.05, 0) is 92.2 Å². The summed E-state index contributed by atoms with van der Waals surface area (Å²) in [6.07, 6.45) is 5.51. The summed E-state index contributed by atoms with van der Waals surface area (Å²) in [5.41, 5.74) is 11.0. The molecule has 0 atom stereocenters. The number of aromatic nitrogens is 2. The van der Waals surface area contributed by atoms with E-state index in [1.165, 1.54) is 45.6 Å². The molecule has 2 aromatic carbocycles. The van der Waals surface area contributed by atoms with Crippen molar-refractivity contribution in [2.24, 2.45) is 5.41 Å². The molecule has 0 saturated carbocycles. The molecular weight excluding hydrogens is 428 g/mol. The summed E-state index contributed by atoms with van der Waals surface area (Å²) in [4.78, 5) is 11.1. The van der Waals surface area contributed by atoms with Gasteiger partial charge in [0.25, 0.3) is 0 Å². The number of nitriles is 1. The van der Waals surface area contributed by atoms with E-state index >= 15 is 0 Å². The fraction of sp³-hybridized carbons (Fsp3) is 0.419. The van der Waals surface area contributed by atoms with E-state index in [0.717, 1.165) is 55.9 Å². The summed E-state index contributed by atoms with van der Waals surface area (Å²) in [5.74, 6) is 1.54. The second-order valence-corrected chi connectivity index (χ2v) is 11.3. The first-order chi connectivity index (χ1) is 16.7. The molecule has 3 aromatic rings. The van der Waals surface area contributed by atoms with E-state index in [0.29, 0.717) is 11.3 Å². The third kappa shape index (κ3) is 4.65. The lowest BCUT2D eigenvalue weighted by molar-refractivity contribution is 0.299. The van der Waals surface area contributed by atoms with Crippen molar-refractivity contribution in [2.75, 3.05) is 13.1 Å². The molecule has 1 saturated heterocycles. The molecule has 1 N–H and O–H groups in total. The Morgan fingerprint density at radius 1 is 1.11 bits per heavy atom. The Morgan fingerprint density at radius 2 is 1.83 bits per heavy atom. The molecule has 4 heteroatoms. The van der Waals surface area contributed by atoms with Gasteiger partial charge in [-0.3, -0.25) is 0 Å². The molecule has 1 aromatic heterocycles. The molecule has 5 rings (SSSR count). The van der Waals surface area contributed by atoms with Crippen LogP contribution in [0.3, 0.4) is 0 Å². The molecule has 4 nitrogen and oxygen atoms in total. The Morgan fingerprint density at radius 3 is 2.51 bits per heavy atom. The van der Waals surface area contributed by atoms with Gasteiger partial charge < -0.3 is 9.88 Å². The Hall–Kier alpha value is -3.32. The highest BCUT2D eigenvalue weighted by atomic mass is 15.1. The topological polar surface area (TPSA) is 55.7 Å². The molecule has 0 amide bonds. The Balaban J connectivity index is 1.34. The molecular formula is C31H36N4. The lowest BCUT2D eigenvalue weighted by atomic mass is 9.78. The fourth-order valence-corrected chi connectivity index (χ4v) is 5.85. The van der Waals surface area contributed by atoms with Gasteiger partial charge in [-0.2, -0.15) is 5.26 Å². The molecule has 0 spiro atoms. The second kappa shape index (κ2) is 9.04. The maximum absolute atomic E-state index is 9.07. The molecule has 0 unspecified atom stereocenters. The van der Waals surface area contributed by atoms with Crippen molar-refractivity contribution < 1.29 is 0 Å². The smallest absolute Gasteiger partial charge is 0.138 e. The SMILES string of the molecule is C=C(c1cc(-c2nc3c([nH]2)CC(C)(C)CC3)c(C)cc1C)N1CCC(c2ccc(C#N)cc2)CC1. The number of piperidine rings is 1. The number of aryl methyl sites for hydroxylation is 3. The van der Waals surface area contributed by atoms with E-state index in [4.69, 9.17) is 10.2 Å². The van der Waals surface area contributed by atoms with Crippen molar-refractivity contribution in [2.45, 2.75) is 65.7 Å². The van der Waals surface area contributed by atoms with Gasteiger partial charge in [0.05, 0.1) is 17.3 Å². The minimum absolute atomic E-state index is 0.336. The van der Waals surface area contributed by atoms with Crippen molar-refractivity contribution in [3.8, 4) is 17.5 Å². The van der Waals surface area contributed by atoms with Crippen LogP contribution in [0.15, 0.2) is 43.0 Å². The minimum atomic E-state index is 0.336. The molecule has 1 aliphatic heterocycles. The third-order valence-electron chi connectivity index (χ3n) is 8.08. The van der Waals surface area contributed by atoms with Crippen molar-refractivity contribution >= 4 is 5.70 Å². The summed E-state index contributed by atoms with van der Waals surface area (Å²) in [5, 5.41) is 9.07. The molecule has 0 radical (unpaired) electrons. The van der Waals surface area contributed by atoms with Crippen molar-refractivity contribution in [3.05, 3.63) is 82.2 Å². The molecule has 1 aliphatic carbocycles. The minimum Gasteiger partial charge on any atom is -0.371 e. The molecule has 2 heterocycles. The number of benzene rings is 2. The van der Waals surface area contributed by atoms with Gasteiger partial charge >= 0.3 is 0 Å². The summed E-state index contributed by atoms with van der Waals surface area (Å²) in [6, 6.07) is 14.9. The lowest BCUT2D eigenvalue weighted by Crippen LogP contribution is -2.31. The first-order valence-corrected chi connectivity index (χ1v) is 12.9. The number of nitrogens with zero attached hydrogens (tertiary/aromatic N) is 3. The summed E-state index contributed by atoms with van der Waals surface area (Å²) >= 11 is 0. The van der Waals surface area contributed by atoms with Gasteiger partial charge in [-0.1, -0.05) is 38.6 Å². The number of hydrogen-bond donors (Lipinski definition) is 1. The molecule has 35 heavy (non-hydrogen) atoms. The van der Waals surface area contributed by atoms with E-state index in [-0.39, 0.29) is 0 Å². The number of fused-ring (bicyclic) bond motifs is 1. The van der Waals surface area contributed by atoms with Crippen LogP contribution >= 0.6 is 0 Å². The highest BCUT2D eigenvalue weighted by Crippen LogP contribution is 2.37. The Labute approximate surface area is 209 Å². The number of H-pyrrole nitrogens is 1. The summed E-state index contributed by atoms with van der Waals surface area (Å²) < 4.78 is 0. The highest BCUT2D eigenvalue weighted by molar-refractivity contribution is 5.73. The Bertz CT molecular complexity index is 1290. The average molecular weight is 465 g/mol. The van der Waals surface area contributed by atoms with Gasteiger partial charge in [0.2, 0.25) is 0 Å². The van der Waals surface area contributed by atoms with Gasteiger partial charge in [0.15, 0.2) is 0 Å². The number of likely N-dealkylation sites (tertiary alicyclic amines) is 1. The first kappa shape index (κ1) is 23.4. The van der Waals surface area contributed by atoms with Gasteiger partial charge in [0, 0.05) is 35.6 Å². The van der Waals surface area contributed by atoms with Crippen LogP contribution < -0.4 is 0 Å². The normalized spacial score (nSPS) is 17.6. The summed E-state index contributed by atoms with van der Waals surface area (Å²) in [6.45, 7) is 15.6.